The molecule has 5 nitrogen and oxygen atoms in total. The number of aliphatic carboxylic acids is 1. The number of benzene rings is 1. The van der Waals surface area contributed by atoms with Crippen LogP contribution in [0.4, 0.5) is 4.39 Å². The van der Waals surface area contributed by atoms with Crippen LogP contribution in [0.5, 0.6) is 0 Å². The molecule has 0 saturated carbocycles. The summed E-state index contributed by atoms with van der Waals surface area (Å²) in [7, 11) is 0. The highest BCUT2D eigenvalue weighted by Gasteiger charge is 2.23. The van der Waals surface area contributed by atoms with Crippen LogP contribution in [0.3, 0.4) is 0 Å². The van der Waals surface area contributed by atoms with Crippen LogP contribution >= 0.6 is 0 Å². The van der Waals surface area contributed by atoms with Crippen LogP contribution in [0.15, 0.2) is 30.6 Å². The van der Waals surface area contributed by atoms with Crippen LogP contribution in [0.2, 0.25) is 0 Å². The predicted octanol–water partition coefficient (Wildman–Crippen LogP) is 2.48. The Morgan fingerprint density at radius 1 is 1.43 bits per heavy atom. The van der Waals surface area contributed by atoms with E-state index in [-0.39, 0.29) is 6.42 Å². The average Bonchev–Trinajstić information content (AvgIpc) is 2.82. The highest BCUT2D eigenvalue weighted by Crippen LogP contribution is 2.21. The second kappa shape index (κ2) is 6.47. The number of nitrogens with zero attached hydrogens (tertiary/aromatic N) is 3. The topological polar surface area (TPSA) is 68.0 Å². The van der Waals surface area contributed by atoms with Gasteiger partial charge < -0.3 is 5.11 Å². The van der Waals surface area contributed by atoms with Crippen molar-refractivity contribution < 1.29 is 14.3 Å². The summed E-state index contributed by atoms with van der Waals surface area (Å²) >= 11 is 0. The van der Waals surface area contributed by atoms with Gasteiger partial charge in [0.1, 0.15) is 18.0 Å². The summed E-state index contributed by atoms with van der Waals surface area (Å²) in [4.78, 5) is 15.6. The lowest BCUT2D eigenvalue weighted by molar-refractivity contribution is -0.138. The second-order valence-electron chi connectivity index (χ2n) is 5.40. The molecule has 2 aromatic rings. The molecule has 0 bridgehead atoms. The molecule has 0 aliphatic rings. The minimum absolute atomic E-state index is 0.186. The van der Waals surface area contributed by atoms with Crippen LogP contribution in [0.1, 0.15) is 31.2 Å². The number of halogens is 1. The fourth-order valence-electron chi connectivity index (χ4n) is 2.20. The van der Waals surface area contributed by atoms with E-state index in [1.54, 1.807) is 10.7 Å². The van der Waals surface area contributed by atoms with Crippen molar-refractivity contribution in [2.45, 2.75) is 32.7 Å². The zero-order valence-electron chi connectivity index (χ0n) is 12.0. The van der Waals surface area contributed by atoms with Crippen molar-refractivity contribution in [3.05, 3.63) is 47.8 Å². The third kappa shape index (κ3) is 3.87. The molecule has 0 saturated heterocycles. The van der Waals surface area contributed by atoms with Crippen molar-refractivity contribution in [3.63, 3.8) is 0 Å². The number of rotatable bonds is 6. The van der Waals surface area contributed by atoms with Gasteiger partial charge in [0, 0.05) is 13.0 Å². The first kappa shape index (κ1) is 15.2. The Balaban J connectivity index is 2.25. The summed E-state index contributed by atoms with van der Waals surface area (Å²) in [6.07, 6.45) is 1.60. The molecule has 21 heavy (non-hydrogen) atoms. The molecule has 0 spiro atoms. The van der Waals surface area contributed by atoms with Gasteiger partial charge in [0.2, 0.25) is 0 Å². The Hall–Kier alpha value is -2.24. The molecule has 1 aromatic heterocycles. The molecule has 1 aromatic carbocycles. The van der Waals surface area contributed by atoms with Crippen LogP contribution < -0.4 is 0 Å². The van der Waals surface area contributed by atoms with Gasteiger partial charge in [-0.3, -0.25) is 4.79 Å². The maximum atomic E-state index is 13.3. The fourth-order valence-corrected chi connectivity index (χ4v) is 2.20. The van der Waals surface area contributed by atoms with Gasteiger partial charge >= 0.3 is 5.97 Å². The maximum Gasteiger partial charge on any atom is 0.311 e. The molecule has 1 heterocycles. The number of carboxylic acids is 1. The lowest BCUT2D eigenvalue weighted by Gasteiger charge is -2.14. The minimum atomic E-state index is -1.00. The Kier molecular flexibility index (Phi) is 4.67. The molecular formula is C15H18FN3O2. The van der Waals surface area contributed by atoms with Gasteiger partial charge in [-0.2, -0.15) is 5.10 Å². The van der Waals surface area contributed by atoms with Gasteiger partial charge in [-0.05, 0) is 23.6 Å². The third-order valence-corrected chi connectivity index (χ3v) is 3.17. The number of carbonyl (C=O) groups is 1. The molecule has 112 valence electrons. The van der Waals surface area contributed by atoms with Crippen molar-refractivity contribution in [1.29, 1.82) is 0 Å². The lowest BCUT2D eigenvalue weighted by Crippen LogP contribution is -2.19. The number of aromatic nitrogens is 3. The Bertz CT molecular complexity index is 625. The van der Waals surface area contributed by atoms with Crippen LogP contribution in [-0.4, -0.2) is 25.8 Å². The third-order valence-electron chi connectivity index (χ3n) is 3.17. The first-order chi connectivity index (χ1) is 9.97. The van der Waals surface area contributed by atoms with E-state index in [0.29, 0.717) is 23.9 Å². The van der Waals surface area contributed by atoms with E-state index in [4.69, 9.17) is 0 Å². The van der Waals surface area contributed by atoms with Gasteiger partial charge in [-0.15, -0.1) is 0 Å². The average molecular weight is 291 g/mol. The highest BCUT2D eigenvalue weighted by atomic mass is 19.1. The van der Waals surface area contributed by atoms with Crippen LogP contribution in [0, 0.1) is 11.7 Å². The van der Waals surface area contributed by atoms with E-state index in [2.05, 4.69) is 10.1 Å². The Morgan fingerprint density at radius 3 is 2.81 bits per heavy atom. The molecule has 2 rings (SSSR count). The van der Waals surface area contributed by atoms with Crippen LogP contribution in [-0.2, 0) is 17.8 Å². The largest absolute Gasteiger partial charge is 0.481 e. The van der Waals surface area contributed by atoms with Gasteiger partial charge in [-0.1, -0.05) is 26.0 Å². The SMILES string of the molecule is CC(C)Cn1ncnc1CC(C(=O)O)c1cccc(F)c1. The lowest BCUT2D eigenvalue weighted by atomic mass is 9.95. The molecule has 1 unspecified atom stereocenters. The molecule has 0 radical (unpaired) electrons. The molecular weight excluding hydrogens is 273 g/mol. The van der Waals surface area contributed by atoms with Crippen molar-refractivity contribution in [2.24, 2.45) is 5.92 Å². The second-order valence-corrected chi connectivity index (χ2v) is 5.40. The van der Waals surface area contributed by atoms with E-state index in [0.717, 1.165) is 0 Å². The van der Waals surface area contributed by atoms with Gasteiger partial charge in [0.15, 0.2) is 0 Å². The molecule has 1 atom stereocenters. The highest BCUT2D eigenvalue weighted by molar-refractivity contribution is 5.76. The van der Waals surface area contributed by atoms with Crippen molar-refractivity contribution >= 4 is 5.97 Å². The maximum absolute atomic E-state index is 13.3. The summed E-state index contributed by atoms with van der Waals surface area (Å²) in [6, 6.07) is 5.68. The number of hydrogen-bond acceptors (Lipinski definition) is 3. The summed E-state index contributed by atoms with van der Waals surface area (Å²) in [6.45, 7) is 4.77. The van der Waals surface area contributed by atoms with Crippen molar-refractivity contribution in [3.8, 4) is 0 Å². The summed E-state index contributed by atoms with van der Waals surface area (Å²) in [5, 5.41) is 13.5. The Morgan fingerprint density at radius 2 is 2.19 bits per heavy atom. The smallest absolute Gasteiger partial charge is 0.311 e. The van der Waals surface area contributed by atoms with E-state index >= 15 is 0 Å². The normalized spacial score (nSPS) is 12.6. The van der Waals surface area contributed by atoms with E-state index in [9.17, 15) is 14.3 Å². The number of carboxylic acid groups (broad SMARTS) is 1. The van der Waals surface area contributed by atoms with E-state index in [1.807, 2.05) is 13.8 Å². The van der Waals surface area contributed by atoms with Crippen LogP contribution in [0.25, 0.3) is 0 Å². The molecule has 0 aliphatic carbocycles. The first-order valence-electron chi connectivity index (χ1n) is 6.82. The summed E-state index contributed by atoms with van der Waals surface area (Å²) in [5.41, 5.74) is 0.432. The van der Waals surface area contributed by atoms with Crippen molar-refractivity contribution in [2.75, 3.05) is 0 Å². The molecule has 0 amide bonds. The van der Waals surface area contributed by atoms with E-state index in [1.165, 1.54) is 24.5 Å². The van der Waals surface area contributed by atoms with Crippen molar-refractivity contribution in [1.82, 2.24) is 14.8 Å². The zero-order valence-corrected chi connectivity index (χ0v) is 12.0. The first-order valence-corrected chi connectivity index (χ1v) is 6.82. The minimum Gasteiger partial charge on any atom is -0.481 e. The van der Waals surface area contributed by atoms with Gasteiger partial charge in [-0.25, -0.2) is 14.1 Å². The Labute approximate surface area is 122 Å². The molecule has 6 heteroatoms. The summed E-state index contributed by atoms with van der Waals surface area (Å²) < 4.78 is 15.0. The summed E-state index contributed by atoms with van der Waals surface area (Å²) in [5.74, 6) is -1.30. The molecule has 0 aliphatic heterocycles. The number of hydrogen-bond donors (Lipinski definition) is 1. The monoisotopic (exact) mass is 291 g/mol. The molecule has 1 N–H and O–H groups in total. The van der Waals surface area contributed by atoms with Gasteiger partial charge in [0.05, 0.1) is 5.92 Å². The predicted molar refractivity (Wildman–Crippen MR) is 75.3 cm³/mol. The van der Waals surface area contributed by atoms with E-state index < -0.39 is 17.7 Å². The standard InChI is InChI=1S/C15H18FN3O2/c1-10(2)8-19-14(17-9-18-19)7-13(15(20)21)11-4-3-5-12(16)6-11/h3-6,9-10,13H,7-8H2,1-2H3,(H,20,21). The molecule has 0 fully saturated rings. The fraction of sp³-hybridized carbons (Fsp3) is 0.400. The van der Waals surface area contributed by atoms with Gasteiger partial charge in [0.25, 0.3) is 0 Å². The zero-order chi connectivity index (χ0) is 15.4. The quantitative estimate of drug-likeness (QED) is 0.887.